The van der Waals surface area contributed by atoms with Gasteiger partial charge >= 0.3 is 0 Å². The summed E-state index contributed by atoms with van der Waals surface area (Å²) >= 11 is 0. The molecule has 0 aliphatic carbocycles. The van der Waals surface area contributed by atoms with E-state index in [0.29, 0.717) is 13.2 Å². The van der Waals surface area contributed by atoms with Crippen molar-refractivity contribution in [1.82, 2.24) is 5.32 Å². The number of nitrogens with one attached hydrogen (secondary N) is 1. The Balaban J connectivity index is 2.51. The summed E-state index contributed by atoms with van der Waals surface area (Å²) in [5, 5.41) is 3.19. The Kier molecular flexibility index (Phi) is 3.47. The summed E-state index contributed by atoms with van der Waals surface area (Å²) in [6, 6.07) is -0.148. The molecule has 0 bridgehead atoms. The maximum atomic E-state index is 11.0. The molecule has 2 atom stereocenters. The first-order valence-electron chi connectivity index (χ1n) is 4.66. The van der Waals surface area contributed by atoms with E-state index in [2.05, 4.69) is 5.32 Å². The molecule has 0 aromatic heterocycles. The molecule has 1 saturated heterocycles. The van der Waals surface area contributed by atoms with E-state index in [1.807, 2.05) is 13.8 Å². The molecule has 1 fully saturated rings. The van der Waals surface area contributed by atoms with Crippen LogP contribution in [0.1, 0.15) is 13.8 Å². The predicted molar refractivity (Wildman–Crippen MR) is 51.8 cm³/mol. The molecule has 0 aromatic rings. The number of ether oxygens (including phenoxy) is 2. The molecule has 3 N–H and O–H groups in total. The number of morpholine rings is 1. The largest absolute Gasteiger partial charge is 0.373 e. The molecule has 1 aliphatic heterocycles. The minimum atomic E-state index is -0.619. The molecule has 5 heteroatoms. The van der Waals surface area contributed by atoms with Crippen LogP contribution >= 0.6 is 0 Å². The van der Waals surface area contributed by atoms with Crippen LogP contribution in [0.25, 0.3) is 0 Å². The zero-order valence-corrected chi connectivity index (χ0v) is 8.87. The van der Waals surface area contributed by atoms with Crippen molar-refractivity contribution in [2.24, 2.45) is 5.73 Å². The van der Waals surface area contributed by atoms with E-state index < -0.39 is 12.0 Å². The molecular weight excluding hydrogens is 184 g/mol. The Bertz CT molecular complexity index is 208. The van der Waals surface area contributed by atoms with Gasteiger partial charge in [-0.05, 0) is 13.8 Å². The summed E-state index contributed by atoms with van der Waals surface area (Å²) in [5.74, 6) is -0.465. The number of nitrogens with two attached hydrogens (primary N) is 1. The maximum Gasteiger partial charge on any atom is 0.248 e. The summed E-state index contributed by atoms with van der Waals surface area (Å²) in [5.41, 5.74) is 5.00. The van der Waals surface area contributed by atoms with Gasteiger partial charge in [0.25, 0.3) is 0 Å². The minimum Gasteiger partial charge on any atom is -0.373 e. The van der Waals surface area contributed by atoms with Gasteiger partial charge in [-0.25, -0.2) is 0 Å². The molecule has 0 spiro atoms. The highest BCUT2D eigenvalue weighted by Crippen LogP contribution is 2.15. The highest BCUT2D eigenvalue weighted by molar-refractivity contribution is 5.79. The molecule has 82 valence electrons. The van der Waals surface area contributed by atoms with Crippen molar-refractivity contribution in [2.45, 2.75) is 31.6 Å². The van der Waals surface area contributed by atoms with Gasteiger partial charge in [-0.15, -0.1) is 0 Å². The molecule has 0 saturated carbocycles. The quantitative estimate of drug-likeness (QED) is 0.632. The fraction of sp³-hybridized carbons (Fsp3) is 0.889. The van der Waals surface area contributed by atoms with Gasteiger partial charge in [0, 0.05) is 13.7 Å². The van der Waals surface area contributed by atoms with Gasteiger partial charge in [-0.1, -0.05) is 0 Å². The van der Waals surface area contributed by atoms with Crippen molar-refractivity contribution >= 4 is 5.91 Å². The molecule has 1 rings (SSSR count). The average molecular weight is 202 g/mol. The molecular formula is C9H18N2O3. The van der Waals surface area contributed by atoms with Gasteiger partial charge < -0.3 is 20.5 Å². The first kappa shape index (κ1) is 11.4. The van der Waals surface area contributed by atoms with Gasteiger partial charge in [0.15, 0.2) is 6.10 Å². The lowest BCUT2D eigenvalue weighted by Crippen LogP contribution is -2.59. The third-order valence-electron chi connectivity index (χ3n) is 2.34. The fourth-order valence-electron chi connectivity index (χ4n) is 1.48. The van der Waals surface area contributed by atoms with E-state index in [1.54, 1.807) is 0 Å². The predicted octanol–water partition coefficient (Wildman–Crippen LogP) is -0.746. The molecule has 2 unspecified atom stereocenters. The van der Waals surface area contributed by atoms with E-state index in [0.717, 1.165) is 0 Å². The molecule has 14 heavy (non-hydrogen) atoms. The Labute approximate surface area is 83.9 Å². The van der Waals surface area contributed by atoms with E-state index >= 15 is 0 Å². The average Bonchev–Trinajstić information content (AvgIpc) is 2.08. The number of rotatable bonds is 3. The van der Waals surface area contributed by atoms with E-state index in [1.165, 1.54) is 7.11 Å². The van der Waals surface area contributed by atoms with Crippen molar-refractivity contribution in [3.05, 3.63) is 0 Å². The lowest BCUT2D eigenvalue weighted by molar-refractivity contribution is -0.136. The lowest BCUT2D eigenvalue weighted by Gasteiger charge is -2.37. The highest BCUT2D eigenvalue weighted by atomic mass is 16.5. The third kappa shape index (κ3) is 2.67. The number of methoxy groups -OCH3 is 1. The number of carbonyl (C=O) groups excluding carboxylic acids is 1. The van der Waals surface area contributed by atoms with Crippen LogP contribution in [-0.4, -0.2) is 43.9 Å². The smallest absolute Gasteiger partial charge is 0.248 e. The Morgan fingerprint density at radius 2 is 2.36 bits per heavy atom. The first-order valence-corrected chi connectivity index (χ1v) is 4.66. The molecule has 1 amide bonds. The monoisotopic (exact) mass is 202 g/mol. The zero-order chi connectivity index (χ0) is 10.8. The normalized spacial score (nSPS) is 28.4. The SMILES string of the molecule is COC(C(N)=O)C1COC(C)(C)CN1. The van der Waals surface area contributed by atoms with Crippen molar-refractivity contribution in [3.8, 4) is 0 Å². The molecule has 0 radical (unpaired) electrons. The zero-order valence-electron chi connectivity index (χ0n) is 8.87. The molecule has 1 heterocycles. The lowest BCUT2D eigenvalue weighted by atomic mass is 10.0. The topological polar surface area (TPSA) is 73.6 Å². The van der Waals surface area contributed by atoms with Crippen LogP contribution < -0.4 is 11.1 Å². The van der Waals surface area contributed by atoms with Crippen LogP contribution in [0, 0.1) is 0 Å². The highest BCUT2D eigenvalue weighted by Gasteiger charge is 2.34. The van der Waals surface area contributed by atoms with Crippen molar-refractivity contribution in [2.75, 3.05) is 20.3 Å². The number of hydrogen-bond acceptors (Lipinski definition) is 4. The third-order valence-corrected chi connectivity index (χ3v) is 2.34. The standard InChI is InChI=1S/C9H18N2O3/c1-9(2)5-11-6(4-14-9)7(13-3)8(10)12/h6-7,11H,4-5H2,1-3H3,(H2,10,12). The van der Waals surface area contributed by atoms with Crippen LogP contribution in [0.15, 0.2) is 0 Å². The molecule has 0 aromatic carbocycles. The van der Waals surface area contributed by atoms with E-state index in [9.17, 15) is 4.79 Å². The summed E-state index contributed by atoms with van der Waals surface area (Å²) < 4.78 is 10.6. The molecule has 1 aliphatic rings. The van der Waals surface area contributed by atoms with Crippen LogP contribution in [0.3, 0.4) is 0 Å². The van der Waals surface area contributed by atoms with Gasteiger partial charge in [-0.3, -0.25) is 4.79 Å². The van der Waals surface area contributed by atoms with Crippen molar-refractivity contribution < 1.29 is 14.3 Å². The Morgan fingerprint density at radius 1 is 1.71 bits per heavy atom. The van der Waals surface area contributed by atoms with Crippen molar-refractivity contribution in [1.29, 1.82) is 0 Å². The maximum absolute atomic E-state index is 11.0. The summed E-state index contributed by atoms with van der Waals surface area (Å²) in [6.07, 6.45) is -0.619. The molecule has 5 nitrogen and oxygen atoms in total. The second-order valence-corrected chi connectivity index (χ2v) is 4.12. The van der Waals surface area contributed by atoms with Gasteiger partial charge in [0.1, 0.15) is 0 Å². The van der Waals surface area contributed by atoms with Gasteiger partial charge in [-0.2, -0.15) is 0 Å². The number of primary amides is 1. The number of hydrogen-bond donors (Lipinski definition) is 2. The second-order valence-electron chi connectivity index (χ2n) is 4.12. The summed E-state index contributed by atoms with van der Waals surface area (Å²) in [4.78, 5) is 11.0. The van der Waals surface area contributed by atoms with Gasteiger partial charge in [0.2, 0.25) is 5.91 Å². The van der Waals surface area contributed by atoms with Crippen molar-refractivity contribution in [3.63, 3.8) is 0 Å². The number of amides is 1. The van der Waals surface area contributed by atoms with Gasteiger partial charge in [0.05, 0.1) is 18.2 Å². The first-order chi connectivity index (χ1) is 6.46. The van der Waals surface area contributed by atoms with Crippen LogP contribution in [0.5, 0.6) is 0 Å². The van der Waals surface area contributed by atoms with Crippen LogP contribution in [-0.2, 0) is 14.3 Å². The minimum absolute atomic E-state index is 0.148. The number of carbonyl (C=O) groups is 1. The summed E-state index contributed by atoms with van der Waals surface area (Å²) in [6.45, 7) is 5.10. The van der Waals surface area contributed by atoms with Crippen LogP contribution in [0.2, 0.25) is 0 Å². The fourth-order valence-corrected chi connectivity index (χ4v) is 1.48. The second kappa shape index (κ2) is 4.25. The van der Waals surface area contributed by atoms with Crippen LogP contribution in [0.4, 0.5) is 0 Å². The van der Waals surface area contributed by atoms with E-state index in [-0.39, 0.29) is 11.6 Å². The Morgan fingerprint density at radius 3 is 2.71 bits per heavy atom. The Hall–Kier alpha value is -0.650. The van der Waals surface area contributed by atoms with E-state index in [4.69, 9.17) is 15.2 Å². The summed E-state index contributed by atoms with van der Waals surface area (Å²) in [7, 11) is 1.47.